The number of hydrogen-bond donors (Lipinski definition) is 2. The number of benzene rings is 2. The van der Waals surface area contributed by atoms with Crippen LogP contribution in [-0.4, -0.2) is 15.5 Å². The maximum absolute atomic E-state index is 12.9. The Kier molecular flexibility index (Phi) is 4.86. The average Bonchev–Trinajstić information content (AvgIpc) is 2.96. The monoisotopic (exact) mass is 341 g/mol. The highest BCUT2D eigenvalue weighted by Gasteiger charge is 2.07. The third kappa shape index (κ3) is 3.97. The minimum absolute atomic E-state index is 0.128. The van der Waals surface area contributed by atoms with E-state index >= 15 is 0 Å². The molecule has 1 aromatic heterocycles. The number of nitrogens with one attached hydrogen (secondary N) is 2. The second kappa shape index (κ2) is 7.23. The Labute approximate surface area is 144 Å². The molecule has 0 aliphatic heterocycles. The first kappa shape index (κ1) is 16.1. The number of amides is 1. The molecule has 24 heavy (non-hydrogen) atoms. The fourth-order valence-corrected chi connectivity index (χ4v) is 2.56. The Morgan fingerprint density at radius 1 is 1.12 bits per heavy atom. The van der Waals surface area contributed by atoms with E-state index in [0.717, 1.165) is 16.8 Å². The van der Waals surface area contributed by atoms with Crippen LogP contribution in [0.2, 0.25) is 0 Å². The Hall–Kier alpha value is -2.73. The SMILES string of the molecule is O=C(Cn1cc(-c2ccccc2)[nH]c1=S)NCc1ccc(F)cc1. The van der Waals surface area contributed by atoms with Gasteiger partial charge in [-0.25, -0.2) is 4.39 Å². The van der Waals surface area contributed by atoms with Crippen LogP contribution in [0.15, 0.2) is 60.8 Å². The van der Waals surface area contributed by atoms with Gasteiger partial charge in [0.1, 0.15) is 12.4 Å². The first-order chi connectivity index (χ1) is 11.6. The van der Waals surface area contributed by atoms with E-state index < -0.39 is 0 Å². The third-order valence-electron chi connectivity index (χ3n) is 3.59. The zero-order valence-electron chi connectivity index (χ0n) is 12.8. The Morgan fingerprint density at radius 3 is 2.54 bits per heavy atom. The van der Waals surface area contributed by atoms with E-state index in [0.29, 0.717) is 11.3 Å². The summed E-state index contributed by atoms with van der Waals surface area (Å²) in [5.74, 6) is -0.453. The number of rotatable bonds is 5. The van der Waals surface area contributed by atoms with Crippen LogP contribution in [0.5, 0.6) is 0 Å². The molecule has 1 heterocycles. The Morgan fingerprint density at radius 2 is 1.83 bits per heavy atom. The van der Waals surface area contributed by atoms with E-state index in [4.69, 9.17) is 12.2 Å². The van der Waals surface area contributed by atoms with Crippen molar-refractivity contribution >= 4 is 18.1 Å². The van der Waals surface area contributed by atoms with Crippen molar-refractivity contribution in [3.05, 3.63) is 76.9 Å². The summed E-state index contributed by atoms with van der Waals surface area (Å²) < 4.78 is 15.0. The summed E-state index contributed by atoms with van der Waals surface area (Å²) in [6.45, 7) is 0.478. The molecule has 2 aromatic carbocycles. The van der Waals surface area contributed by atoms with Crippen molar-refractivity contribution in [3.8, 4) is 11.3 Å². The van der Waals surface area contributed by atoms with Crippen molar-refractivity contribution in [1.29, 1.82) is 0 Å². The molecule has 0 saturated heterocycles. The zero-order valence-corrected chi connectivity index (χ0v) is 13.6. The number of aromatic nitrogens is 2. The molecule has 2 N–H and O–H groups in total. The number of imidazole rings is 1. The predicted octanol–water partition coefficient (Wildman–Crippen LogP) is 3.67. The molecule has 122 valence electrons. The first-order valence-electron chi connectivity index (χ1n) is 7.48. The standard InChI is InChI=1S/C18H16FN3OS/c19-15-8-6-13(7-9-15)10-20-17(23)12-22-11-16(21-18(22)24)14-4-2-1-3-5-14/h1-9,11H,10,12H2,(H,20,23)(H,21,24). The first-order valence-corrected chi connectivity index (χ1v) is 7.88. The fourth-order valence-electron chi connectivity index (χ4n) is 2.33. The van der Waals surface area contributed by atoms with E-state index in [9.17, 15) is 9.18 Å². The fraction of sp³-hybridized carbons (Fsp3) is 0.111. The number of nitrogens with zero attached hydrogens (tertiary/aromatic N) is 1. The maximum Gasteiger partial charge on any atom is 0.240 e. The molecule has 1 amide bonds. The molecule has 0 spiro atoms. The largest absolute Gasteiger partial charge is 0.350 e. The highest BCUT2D eigenvalue weighted by molar-refractivity contribution is 7.71. The van der Waals surface area contributed by atoms with Crippen molar-refractivity contribution in [2.45, 2.75) is 13.1 Å². The van der Waals surface area contributed by atoms with Gasteiger partial charge in [0, 0.05) is 12.7 Å². The summed E-state index contributed by atoms with van der Waals surface area (Å²) in [7, 11) is 0. The van der Waals surface area contributed by atoms with Gasteiger partial charge in [-0.2, -0.15) is 0 Å². The molecule has 6 heteroatoms. The van der Waals surface area contributed by atoms with Crippen LogP contribution in [0, 0.1) is 10.6 Å². The van der Waals surface area contributed by atoms with Crippen molar-refractivity contribution in [3.63, 3.8) is 0 Å². The quantitative estimate of drug-likeness (QED) is 0.696. The normalized spacial score (nSPS) is 10.5. The minimum Gasteiger partial charge on any atom is -0.350 e. The molecule has 3 rings (SSSR count). The summed E-state index contributed by atoms with van der Waals surface area (Å²) in [5, 5.41) is 2.80. The van der Waals surface area contributed by atoms with Gasteiger partial charge in [-0.05, 0) is 35.5 Å². The second-order valence-electron chi connectivity index (χ2n) is 5.37. The average molecular weight is 341 g/mol. The molecule has 0 aliphatic rings. The lowest BCUT2D eigenvalue weighted by Crippen LogP contribution is -2.26. The topological polar surface area (TPSA) is 49.8 Å². The Bertz CT molecular complexity index is 885. The van der Waals surface area contributed by atoms with Crippen LogP contribution in [0.25, 0.3) is 11.3 Å². The predicted molar refractivity (Wildman–Crippen MR) is 93.3 cm³/mol. The van der Waals surface area contributed by atoms with Crippen molar-refractivity contribution in [2.75, 3.05) is 0 Å². The number of aromatic amines is 1. The van der Waals surface area contributed by atoms with E-state index in [2.05, 4.69) is 10.3 Å². The molecule has 0 atom stereocenters. The van der Waals surface area contributed by atoms with E-state index in [1.54, 1.807) is 16.7 Å². The number of H-pyrrole nitrogens is 1. The molecule has 0 saturated carbocycles. The minimum atomic E-state index is -0.294. The maximum atomic E-state index is 12.9. The molecule has 0 aliphatic carbocycles. The van der Waals surface area contributed by atoms with Crippen LogP contribution in [0.4, 0.5) is 4.39 Å². The summed E-state index contributed by atoms with van der Waals surface area (Å²) in [4.78, 5) is 15.2. The van der Waals surface area contributed by atoms with Gasteiger partial charge in [-0.15, -0.1) is 0 Å². The second-order valence-corrected chi connectivity index (χ2v) is 5.76. The van der Waals surface area contributed by atoms with Gasteiger partial charge in [0.15, 0.2) is 4.77 Å². The van der Waals surface area contributed by atoms with E-state index in [-0.39, 0.29) is 18.3 Å². The molecule has 0 radical (unpaired) electrons. The smallest absolute Gasteiger partial charge is 0.240 e. The van der Waals surface area contributed by atoms with Gasteiger partial charge in [0.2, 0.25) is 5.91 Å². The van der Waals surface area contributed by atoms with Gasteiger partial charge < -0.3 is 14.9 Å². The van der Waals surface area contributed by atoms with Crippen molar-refractivity contribution in [1.82, 2.24) is 14.9 Å². The van der Waals surface area contributed by atoms with Crippen LogP contribution in [0.1, 0.15) is 5.56 Å². The molecule has 0 fully saturated rings. The molecule has 0 bridgehead atoms. The number of hydrogen-bond acceptors (Lipinski definition) is 2. The number of carbonyl (C=O) groups is 1. The van der Waals surface area contributed by atoms with Crippen molar-refractivity contribution < 1.29 is 9.18 Å². The third-order valence-corrected chi connectivity index (χ3v) is 3.93. The van der Waals surface area contributed by atoms with Gasteiger partial charge in [-0.1, -0.05) is 42.5 Å². The van der Waals surface area contributed by atoms with Crippen LogP contribution in [-0.2, 0) is 17.9 Å². The van der Waals surface area contributed by atoms with Crippen LogP contribution in [0.3, 0.4) is 0 Å². The van der Waals surface area contributed by atoms with Gasteiger partial charge in [0.05, 0.1) is 5.69 Å². The summed E-state index contributed by atoms with van der Waals surface area (Å²) in [6, 6.07) is 15.8. The van der Waals surface area contributed by atoms with E-state index in [1.165, 1.54) is 12.1 Å². The van der Waals surface area contributed by atoms with Gasteiger partial charge in [-0.3, -0.25) is 4.79 Å². The summed E-state index contributed by atoms with van der Waals surface area (Å²) in [6.07, 6.45) is 1.83. The summed E-state index contributed by atoms with van der Waals surface area (Å²) >= 11 is 5.27. The highest BCUT2D eigenvalue weighted by Crippen LogP contribution is 2.16. The molecule has 4 nitrogen and oxygen atoms in total. The number of halogens is 1. The lowest BCUT2D eigenvalue weighted by molar-refractivity contribution is -0.121. The van der Waals surface area contributed by atoms with Gasteiger partial charge in [0.25, 0.3) is 0 Å². The highest BCUT2D eigenvalue weighted by atomic mass is 32.1. The number of carbonyl (C=O) groups excluding carboxylic acids is 1. The lowest BCUT2D eigenvalue weighted by Gasteiger charge is -2.06. The summed E-state index contributed by atoms with van der Waals surface area (Å²) in [5.41, 5.74) is 2.72. The molecule has 3 aromatic rings. The van der Waals surface area contributed by atoms with Gasteiger partial charge >= 0.3 is 0 Å². The van der Waals surface area contributed by atoms with Crippen molar-refractivity contribution in [2.24, 2.45) is 0 Å². The molecular formula is C18H16FN3OS. The molecule has 0 unspecified atom stereocenters. The molecular weight excluding hydrogens is 325 g/mol. The van der Waals surface area contributed by atoms with Crippen LogP contribution < -0.4 is 5.32 Å². The van der Waals surface area contributed by atoms with E-state index in [1.807, 2.05) is 36.5 Å². The lowest BCUT2D eigenvalue weighted by atomic mass is 10.2. The Balaban J connectivity index is 1.63. The zero-order chi connectivity index (χ0) is 16.9. The van der Waals surface area contributed by atoms with Crippen LogP contribution >= 0.6 is 12.2 Å².